The van der Waals surface area contributed by atoms with Crippen molar-refractivity contribution in [1.29, 1.82) is 0 Å². The van der Waals surface area contributed by atoms with Crippen molar-refractivity contribution >= 4 is 39.1 Å². The number of hydrogen-bond donors (Lipinski definition) is 1. The molecule has 1 amide bonds. The predicted molar refractivity (Wildman–Crippen MR) is 83.6 cm³/mol. The molecule has 0 radical (unpaired) electrons. The van der Waals surface area contributed by atoms with E-state index in [1.165, 1.54) is 38.5 Å². The number of amides is 1. The number of carbonyl (C=O) groups excluding carboxylic acids is 1. The molecule has 0 aromatic heterocycles. The number of halogens is 2. The van der Waals surface area contributed by atoms with Crippen molar-refractivity contribution in [2.24, 2.45) is 5.92 Å². The van der Waals surface area contributed by atoms with Crippen molar-refractivity contribution in [2.75, 3.05) is 5.32 Å². The Balaban J connectivity index is 1.91. The van der Waals surface area contributed by atoms with Crippen molar-refractivity contribution in [2.45, 2.75) is 44.9 Å². The first-order valence-electron chi connectivity index (χ1n) is 6.90. The van der Waals surface area contributed by atoms with Crippen LogP contribution in [0.15, 0.2) is 22.7 Å². The number of rotatable bonds is 3. The third-order valence-corrected chi connectivity index (χ3v) is 4.47. The second kappa shape index (κ2) is 7.30. The number of benzene rings is 1. The molecule has 1 N–H and O–H groups in total. The molecule has 0 saturated heterocycles. The minimum absolute atomic E-state index is 0.0758. The minimum atomic E-state index is 0.0758. The van der Waals surface area contributed by atoms with Gasteiger partial charge in [-0.25, -0.2) is 0 Å². The summed E-state index contributed by atoms with van der Waals surface area (Å²) >= 11 is 9.46. The van der Waals surface area contributed by atoms with Gasteiger partial charge in [-0.15, -0.1) is 0 Å². The Kier molecular flexibility index (Phi) is 5.71. The van der Waals surface area contributed by atoms with E-state index in [0.717, 1.165) is 4.47 Å². The van der Waals surface area contributed by atoms with Gasteiger partial charge in [0.1, 0.15) is 0 Å². The molecule has 1 aliphatic rings. The van der Waals surface area contributed by atoms with E-state index in [1.807, 2.05) is 12.1 Å². The van der Waals surface area contributed by atoms with E-state index >= 15 is 0 Å². The molecule has 1 aromatic rings. The highest BCUT2D eigenvalue weighted by molar-refractivity contribution is 9.10. The Hall–Kier alpha value is -0.540. The fourth-order valence-corrected chi connectivity index (χ4v) is 3.15. The van der Waals surface area contributed by atoms with E-state index in [9.17, 15) is 4.79 Å². The first-order chi connectivity index (χ1) is 9.15. The smallest absolute Gasteiger partial charge is 0.224 e. The largest absolute Gasteiger partial charge is 0.325 e. The highest BCUT2D eigenvalue weighted by Crippen LogP contribution is 2.28. The van der Waals surface area contributed by atoms with Gasteiger partial charge < -0.3 is 5.32 Å². The highest BCUT2D eigenvalue weighted by Gasteiger charge is 2.16. The Morgan fingerprint density at radius 2 is 1.95 bits per heavy atom. The summed E-state index contributed by atoms with van der Waals surface area (Å²) in [6.07, 6.45) is 8.12. The molecular weight excluding hydrogens is 326 g/mol. The number of hydrogen-bond acceptors (Lipinski definition) is 1. The molecule has 2 nitrogen and oxygen atoms in total. The lowest BCUT2D eigenvalue weighted by molar-refractivity contribution is -0.117. The van der Waals surface area contributed by atoms with Crippen LogP contribution in [0.5, 0.6) is 0 Å². The van der Waals surface area contributed by atoms with E-state index in [1.54, 1.807) is 6.07 Å². The summed E-state index contributed by atoms with van der Waals surface area (Å²) in [5, 5.41) is 3.50. The second-order valence-corrected chi connectivity index (χ2v) is 6.56. The van der Waals surface area contributed by atoms with E-state index in [-0.39, 0.29) is 5.91 Å². The van der Waals surface area contributed by atoms with Crippen molar-refractivity contribution in [3.63, 3.8) is 0 Å². The van der Waals surface area contributed by atoms with Crippen LogP contribution in [0.2, 0.25) is 5.02 Å². The number of carbonyl (C=O) groups is 1. The summed E-state index contributed by atoms with van der Waals surface area (Å²) in [4.78, 5) is 12.1. The van der Waals surface area contributed by atoms with Crippen LogP contribution in [0.25, 0.3) is 0 Å². The first kappa shape index (κ1) is 14.9. The average molecular weight is 345 g/mol. The third-order valence-electron chi connectivity index (χ3n) is 3.65. The Morgan fingerprint density at radius 3 is 2.63 bits per heavy atom. The monoisotopic (exact) mass is 343 g/mol. The van der Waals surface area contributed by atoms with E-state index in [0.29, 0.717) is 23.0 Å². The van der Waals surface area contributed by atoms with Crippen LogP contribution in [0.4, 0.5) is 5.69 Å². The molecule has 0 spiro atoms. The van der Waals surface area contributed by atoms with Gasteiger partial charge in [-0.3, -0.25) is 4.79 Å². The zero-order valence-electron chi connectivity index (χ0n) is 10.9. The molecule has 1 saturated carbocycles. The molecule has 104 valence electrons. The summed E-state index contributed by atoms with van der Waals surface area (Å²) in [5.41, 5.74) is 0.690. The van der Waals surface area contributed by atoms with Gasteiger partial charge in [-0.05, 0) is 37.0 Å². The molecule has 1 fully saturated rings. The Morgan fingerprint density at radius 1 is 1.26 bits per heavy atom. The summed E-state index contributed by atoms with van der Waals surface area (Å²) in [6.45, 7) is 0. The van der Waals surface area contributed by atoms with Gasteiger partial charge in [-0.2, -0.15) is 0 Å². The van der Waals surface area contributed by atoms with E-state index < -0.39 is 0 Å². The predicted octanol–water partition coefficient (Wildman–Crippen LogP) is 5.40. The van der Waals surface area contributed by atoms with Crippen LogP contribution in [0.1, 0.15) is 44.9 Å². The molecule has 2 rings (SSSR count). The molecule has 0 bridgehead atoms. The van der Waals surface area contributed by atoms with Gasteiger partial charge in [0, 0.05) is 10.9 Å². The topological polar surface area (TPSA) is 29.1 Å². The Labute approximate surface area is 128 Å². The second-order valence-electron chi connectivity index (χ2n) is 5.23. The summed E-state index contributed by atoms with van der Waals surface area (Å²) in [6, 6.07) is 5.49. The molecular formula is C15H19BrClNO. The molecule has 0 aliphatic heterocycles. The van der Waals surface area contributed by atoms with Gasteiger partial charge in [0.15, 0.2) is 0 Å². The zero-order chi connectivity index (χ0) is 13.7. The van der Waals surface area contributed by atoms with Crippen LogP contribution in [-0.2, 0) is 4.79 Å². The summed E-state index contributed by atoms with van der Waals surface area (Å²) in [5.74, 6) is 0.611. The van der Waals surface area contributed by atoms with Gasteiger partial charge in [0.05, 0.1) is 10.7 Å². The third kappa shape index (κ3) is 4.81. The average Bonchev–Trinajstić information content (AvgIpc) is 2.62. The fourth-order valence-electron chi connectivity index (χ4n) is 2.62. The van der Waals surface area contributed by atoms with Crippen molar-refractivity contribution in [1.82, 2.24) is 0 Å². The quantitative estimate of drug-likeness (QED) is 0.731. The normalized spacial score (nSPS) is 16.9. The summed E-state index contributed by atoms with van der Waals surface area (Å²) in [7, 11) is 0. The van der Waals surface area contributed by atoms with Gasteiger partial charge >= 0.3 is 0 Å². The van der Waals surface area contributed by atoms with Crippen molar-refractivity contribution < 1.29 is 4.79 Å². The van der Waals surface area contributed by atoms with Crippen LogP contribution in [0.3, 0.4) is 0 Å². The van der Waals surface area contributed by atoms with Gasteiger partial charge in [0.2, 0.25) is 5.91 Å². The van der Waals surface area contributed by atoms with Crippen LogP contribution >= 0.6 is 27.5 Å². The lowest BCUT2D eigenvalue weighted by Gasteiger charge is -2.14. The molecule has 0 heterocycles. The van der Waals surface area contributed by atoms with Crippen LogP contribution in [-0.4, -0.2) is 5.91 Å². The van der Waals surface area contributed by atoms with Crippen LogP contribution < -0.4 is 5.32 Å². The lowest BCUT2D eigenvalue weighted by Crippen LogP contribution is -2.16. The van der Waals surface area contributed by atoms with Crippen molar-refractivity contribution in [3.8, 4) is 0 Å². The zero-order valence-corrected chi connectivity index (χ0v) is 13.3. The molecule has 19 heavy (non-hydrogen) atoms. The Bertz CT molecular complexity index is 442. The SMILES string of the molecule is O=C(CC1CCCCCC1)Nc1cc(Br)ccc1Cl. The number of anilines is 1. The van der Waals surface area contributed by atoms with Gasteiger partial charge in [0.25, 0.3) is 0 Å². The molecule has 0 unspecified atom stereocenters. The maximum atomic E-state index is 12.1. The molecule has 0 atom stereocenters. The maximum Gasteiger partial charge on any atom is 0.224 e. The molecule has 1 aromatic carbocycles. The number of nitrogens with one attached hydrogen (secondary N) is 1. The summed E-state index contributed by atoms with van der Waals surface area (Å²) < 4.78 is 0.918. The van der Waals surface area contributed by atoms with Crippen molar-refractivity contribution in [3.05, 3.63) is 27.7 Å². The molecule has 4 heteroatoms. The standard InChI is InChI=1S/C15H19BrClNO/c16-12-7-8-13(17)14(10-12)18-15(19)9-11-5-3-1-2-4-6-11/h7-8,10-11H,1-6,9H2,(H,18,19). The van der Waals surface area contributed by atoms with Crippen LogP contribution in [0, 0.1) is 5.92 Å². The first-order valence-corrected chi connectivity index (χ1v) is 8.07. The van der Waals surface area contributed by atoms with E-state index in [2.05, 4.69) is 21.2 Å². The van der Waals surface area contributed by atoms with E-state index in [4.69, 9.17) is 11.6 Å². The highest BCUT2D eigenvalue weighted by atomic mass is 79.9. The molecule has 1 aliphatic carbocycles. The maximum absolute atomic E-state index is 12.1. The minimum Gasteiger partial charge on any atom is -0.325 e. The fraction of sp³-hybridized carbons (Fsp3) is 0.533. The van der Waals surface area contributed by atoms with Gasteiger partial charge in [-0.1, -0.05) is 53.2 Å². The lowest BCUT2D eigenvalue weighted by atomic mass is 9.96.